The first kappa shape index (κ1) is 15.6. The lowest BCUT2D eigenvalue weighted by molar-refractivity contribution is -0.540. The molecule has 1 aliphatic heterocycles. The van der Waals surface area contributed by atoms with Gasteiger partial charge < -0.3 is 4.74 Å². The summed E-state index contributed by atoms with van der Waals surface area (Å²) in [4.78, 5) is 0. The van der Waals surface area contributed by atoms with Gasteiger partial charge in [0, 0.05) is 20.5 Å². The first-order valence-corrected chi connectivity index (χ1v) is 5.36. The molecule has 0 N–H and O–H groups in total. The summed E-state index contributed by atoms with van der Waals surface area (Å²) in [5.41, 5.74) is 0. The molecular formula is C10H15F5O3. The van der Waals surface area contributed by atoms with Crippen LogP contribution in [0.2, 0.25) is 0 Å². The molecule has 0 spiro atoms. The lowest BCUT2D eigenvalue weighted by atomic mass is 10.0. The highest BCUT2D eigenvalue weighted by molar-refractivity contribution is 4.97. The van der Waals surface area contributed by atoms with Gasteiger partial charge in [0.2, 0.25) is 0 Å². The molecule has 1 aliphatic rings. The van der Waals surface area contributed by atoms with Crippen LogP contribution in [-0.2, 0) is 14.2 Å². The van der Waals surface area contributed by atoms with E-state index in [1.165, 1.54) is 6.92 Å². The van der Waals surface area contributed by atoms with Crippen LogP contribution < -0.4 is 0 Å². The Hall–Kier alpha value is -0.470. The molecule has 0 amide bonds. The van der Waals surface area contributed by atoms with Gasteiger partial charge in [-0.05, 0) is 13.8 Å². The van der Waals surface area contributed by atoms with Gasteiger partial charge in [-0.25, -0.2) is 13.2 Å². The van der Waals surface area contributed by atoms with Gasteiger partial charge in [0.05, 0.1) is 0 Å². The van der Waals surface area contributed by atoms with Gasteiger partial charge >= 0.3 is 12.0 Å². The molecule has 0 bridgehead atoms. The van der Waals surface area contributed by atoms with Crippen molar-refractivity contribution in [2.45, 2.75) is 57.5 Å². The molecule has 1 saturated heterocycles. The van der Waals surface area contributed by atoms with Crippen molar-refractivity contribution in [2.24, 2.45) is 0 Å². The van der Waals surface area contributed by atoms with Crippen molar-refractivity contribution in [1.82, 2.24) is 0 Å². The molecule has 1 fully saturated rings. The van der Waals surface area contributed by atoms with Crippen LogP contribution in [0, 0.1) is 0 Å². The monoisotopic (exact) mass is 278 g/mol. The number of rotatable bonds is 3. The summed E-state index contributed by atoms with van der Waals surface area (Å²) in [7, 11) is 0. The molecule has 0 aromatic rings. The number of hydrogen-bond acceptors (Lipinski definition) is 3. The van der Waals surface area contributed by atoms with E-state index >= 15 is 0 Å². The van der Waals surface area contributed by atoms with Crippen molar-refractivity contribution in [3.63, 3.8) is 0 Å². The van der Waals surface area contributed by atoms with Crippen molar-refractivity contribution in [3.05, 3.63) is 0 Å². The Kier molecular flexibility index (Phi) is 3.70. The highest BCUT2D eigenvalue weighted by atomic mass is 19.3. The number of alkyl halides is 5. The van der Waals surface area contributed by atoms with Crippen LogP contribution in [0.4, 0.5) is 22.0 Å². The van der Waals surface area contributed by atoms with E-state index in [0.29, 0.717) is 6.92 Å². The van der Waals surface area contributed by atoms with E-state index in [4.69, 9.17) is 4.74 Å². The topological polar surface area (TPSA) is 27.7 Å². The molecule has 0 aromatic heterocycles. The summed E-state index contributed by atoms with van der Waals surface area (Å²) < 4.78 is 80.3. The maximum atomic E-state index is 14.3. The standard InChI is InChI=1S/C10H15F5O3/c1-5-16-6(2)9(13)7(3,11)18-10(14,15)8(4,12)17-9/h6H,5H2,1-4H3. The third-order valence-electron chi connectivity index (χ3n) is 2.73. The van der Waals surface area contributed by atoms with E-state index < -0.39 is 29.8 Å². The highest BCUT2D eigenvalue weighted by Crippen LogP contribution is 2.53. The fourth-order valence-corrected chi connectivity index (χ4v) is 1.63. The molecular weight excluding hydrogens is 263 g/mol. The summed E-state index contributed by atoms with van der Waals surface area (Å²) in [6.07, 6.45) is -6.25. The molecule has 8 heteroatoms. The first-order valence-electron chi connectivity index (χ1n) is 5.36. The van der Waals surface area contributed by atoms with Crippen LogP contribution in [0.1, 0.15) is 27.7 Å². The highest BCUT2D eigenvalue weighted by Gasteiger charge is 2.74. The van der Waals surface area contributed by atoms with Crippen molar-refractivity contribution in [3.8, 4) is 0 Å². The molecule has 4 atom stereocenters. The van der Waals surface area contributed by atoms with E-state index in [2.05, 4.69) is 9.47 Å². The second-order valence-electron chi connectivity index (χ2n) is 4.30. The quantitative estimate of drug-likeness (QED) is 0.742. The maximum Gasteiger partial charge on any atom is 0.417 e. The Labute approximate surface area is 101 Å². The number of halogens is 5. The minimum absolute atomic E-state index is 0.0360. The van der Waals surface area contributed by atoms with Gasteiger partial charge in [-0.1, -0.05) is 0 Å². The molecule has 0 aliphatic carbocycles. The van der Waals surface area contributed by atoms with Gasteiger partial charge in [0.1, 0.15) is 6.10 Å². The zero-order chi connectivity index (χ0) is 14.4. The summed E-state index contributed by atoms with van der Waals surface area (Å²) in [5.74, 6) is -10.9. The average Bonchev–Trinajstić information content (AvgIpc) is 2.13. The van der Waals surface area contributed by atoms with Crippen molar-refractivity contribution >= 4 is 0 Å². The van der Waals surface area contributed by atoms with Crippen LogP contribution >= 0.6 is 0 Å². The molecule has 1 heterocycles. The van der Waals surface area contributed by atoms with Crippen LogP contribution in [0.3, 0.4) is 0 Å². The SMILES string of the molecule is CCOC(C)C1(F)OC(C)(F)C(F)(F)OC1(C)F. The summed E-state index contributed by atoms with van der Waals surface area (Å²) in [6.45, 7) is 3.12. The summed E-state index contributed by atoms with van der Waals surface area (Å²) >= 11 is 0. The minimum atomic E-state index is -4.61. The smallest absolute Gasteiger partial charge is 0.373 e. The molecule has 1 rings (SSSR count). The van der Waals surface area contributed by atoms with E-state index in [9.17, 15) is 22.0 Å². The van der Waals surface area contributed by atoms with Gasteiger partial charge in [0.15, 0.2) is 0 Å². The van der Waals surface area contributed by atoms with Crippen molar-refractivity contribution < 1.29 is 36.2 Å². The molecule has 18 heavy (non-hydrogen) atoms. The Bertz CT molecular complexity index is 321. The Balaban J connectivity index is 3.13. The number of ether oxygens (including phenoxy) is 3. The van der Waals surface area contributed by atoms with Crippen LogP contribution in [0.5, 0.6) is 0 Å². The molecule has 0 aromatic carbocycles. The lowest BCUT2D eigenvalue weighted by Crippen LogP contribution is -2.70. The largest absolute Gasteiger partial charge is 0.417 e. The normalized spacial score (nSPS) is 45.8. The predicted octanol–water partition coefficient (Wildman–Crippen LogP) is 3.09. The van der Waals surface area contributed by atoms with E-state index in [0.717, 1.165) is 6.92 Å². The maximum absolute atomic E-state index is 14.3. The Morgan fingerprint density at radius 1 is 1.00 bits per heavy atom. The lowest BCUT2D eigenvalue weighted by Gasteiger charge is -2.49. The predicted molar refractivity (Wildman–Crippen MR) is 51.1 cm³/mol. The van der Waals surface area contributed by atoms with Gasteiger partial charge in [0.25, 0.3) is 11.7 Å². The van der Waals surface area contributed by atoms with Gasteiger partial charge in [-0.15, -0.1) is 0 Å². The third kappa shape index (κ3) is 2.21. The van der Waals surface area contributed by atoms with Crippen molar-refractivity contribution in [2.75, 3.05) is 6.61 Å². The van der Waals surface area contributed by atoms with E-state index in [1.807, 2.05) is 0 Å². The van der Waals surface area contributed by atoms with Gasteiger partial charge in [-0.2, -0.15) is 8.78 Å². The molecule has 108 valence electrons. The third-order valence-corrected chi connectivity index (χ3v) is 2.73. The van der Waals surface area contributed by atoms with Crippen LogP contribution in [-0.4, -0.2) is 36.4 Å². The second-order valence-corrected chi connectivity index (χ2v) is 4.30. The molecule has 3 nitrogen and oxygen atoms in total. The van der Waals surface area contributed by atoms with E-state index in [1.54, 1.807) is 0 Å². The van der Waals surface area contributed by atoms with Crippen molar-refractivity contribution in [1.29, 1.82) is 0 Å². The fraction of sp³-hybridized carbons (Fsp3) is 1.00. The summed E-state index contributed by atoms with van der Waals surface area (Å²) in [5, 5.41) is 0. The Morgan fingerprint density at radius 2 is 1.50 bits per heavy atom. The fourth-order valence-electron chi connectivity index (χ4n) is 1.63. The zero-order valence-corrected chi connectivity index (χ0v) is 10.4. The summed E-state index contributed by atoms with van der Waals surface area (Å²) in [6, 6.07) is 0. The van der Waals surface area contributed by atoms with Gasteiger partial charge in [-0.3, -0.25) is 9.47 Å². The molecule has 0 saturated carbocycles. The van der Waals surface area contributed by atoms with Crippen LogP contribution in [0.25, 0.3) is 0 Å². The zero-order valence-electron chi connectivity index (χ0n) is 10.4. The average molecular weight is 278 g/mol. The minimum Gasteiger partial charge on any atom is -0.373 e. The molecule has 0 radical (unpaired) electrons. The van der Waals surface area contributed by atoms with Crippen LogP contribution in [0.15, 0.2) is 0 Å². The second kappa shape index (κ2) is 4.28. The first-order chi connectivity index (χ1) is 7.90. The Morgan fingerprint density at radius 3 is 1.94 bits per heavy atom. The molecule has 4 unspecified atom stereocenters. The number of hydrogen-bond donors (Lipinski definition) is 0. The van der Waals surface area contributed by atoms with E-state index in [-0.39, 0.29) is 13.5 Å².